The lowest BCUT2D eigenvalue weighted by Gasteiger charge is -2.30. The van der Waals surface area contributed by atoms with E-state index in [0.29, 0.717) is 31.1 Å². The van der Waals surface area contributed by atoms with Gasteiger partial charge in [-0.3, -0.25) is 9.78 Å². The Kier molecular flexibility index (Phi) is 6.16. The van der Waals surface area contributed by atoms with Crippen molar-refractivity contribution in [2.45, 2.75) is 46.5 Å². The predicted molar refractivity (Wildman–Crippen MR) is 78.8 cm³/mol. The molecule has 0 aliphatic heterocycles. The van der Waals surface area contributed by atoms with Gasteiger partial charge in [0.15, 0.2) is 0 Å². The minimum atomic E-state index is 0.216. The zero-order chi connectivity index (χ0) is 14.3. The van der Waals surface area contributed by atoms with Gasteiger partial charge < -0.3 is 5.73 Å². The number of carbonyl (C=O) groups is 1. The zero-order valence-corrected chi connectivity index (χ0v) is 12.4. The van der Waals surface area contributed by atoms with Crippen LogP contribution in [0.25, 0.3) is 0 Å². The van der Waals surface area contributed by atoms with Crippen molar-refractivity contribution in [1.82, 2.24) is 4.98 Å². The number of rotatable bonds is 7. The Labute approximate surface area is 116 Å². The van der Waals surface area contributed by atoms with Gasteiger partial charge in [-0.15, -0.1) is 0 Å². The summed E-state index contributed by atoms with van der Waals surface area (Å²) in [5.74, 6) is 0.801. The Morgan fingerprint density at radius 3 is 2.63 bits per heavy atom. The summed E-state index contributed by atoms with van der Waals surface area (Å²) in [4.78, 5) is 16.0. The number of hydrogen-bond acceptors (Lipinski definition) is 3. The predicted octanol–water partition coefficient (Wildman–Crippen LogP) is 2.98. The standard InChI is InChI=1S/C16H26N2O/c1-16(2,3)14(8-9-17)6-7-15(19)11-13-5-4-10-18-12-13/h4-5,10,12,14H,6-9,11,17H2,1-3H3. The summed E-state index contributed by atoms with van der Waals surface area (Å²) in [7, 11) is 0. The highest BCUT2D eigenvalue weighted by Gasteiger charge is 2.24. The number of pyridine rings is 1. The molecule has 0 aromatic carbocycles. The van der Waals surface area contributed by atoms with Crippen molar-refractivity contribution < 1.29 is 4.79 Å². The summed E-state index contributed by atoms with van der Waals surface area (Å²) in [5.41, 5.74) is 6.88. The van der Waals surface area contributed by atoms with E-state index < -0.39 is 0 Å². The lowest BCUT2D eigenvalue weighted by atomic mass is 9.76. The van der Waals surface area contributed by atoms with Gasteiger partial charge in [0.25, 0.3) is 0 Å². The number of aromatic nitrogens is 1. The van der Waals surface area contributed by atoms with Crippen LogP contribution < -0.4 is 5.73 Å². The zero-order valence-electron chi connectivity index (χ0n) is 12.4. The third-order valence-corrected chi connectivity index (χ3v) is 3.64. The largest absolute Gasteiger partial charge is 0.330 e. The van der Waals surface area contributed by atoms with Crippen molar-refractivity contribution in [2.24, 2.45) is 17.1 Å². The second kappa shape index (κ2) is 7.39. The third-order valence-electron chi connectivity index (χ3n) is 3.64. The summed E-state index contributed by atoms with van der Waals surface area (Å²) in [5, 5.41) is 0. The maximum atomic E-state index is 12.0. The molecule has 19 heavy (non-hydrogen) atoms. The van der Waals surface area contributed by atoms with Gasteiger partial charge in [0.1, 0.15) is 5.78 Å². The first kappa shape index (κ1) is 15.8. The summed E-state index contributed by atoms with van der Waals surface area (Å²) >= 11 is 0. The fraction of sp³-hybridized carbons (Fsp3) is 0.625. The van der Waals surface area contributed by atoms with Crippen molar-refractivity contribution in [1.29, 1.82) is 0 Å². The van der Waals surface area contributed by atoms with E-state index in [1.165, 1.54) is 0 Å². The average molecular weight is 262 g/mol. The highest BCUT2D eigenvalue weighted by Crippen LogP contribution is 2.32. The van der Waals surface area contributed by atoms with Gasteiger partial charge in [-0.05, 0) is 42.3 Å². The SMILES string of the molecule is CC(C)(C)C(CCN)CCC(=O)Cc1cccnc1. The van der Waals surface area contributed by atoms with E-state index >= 15 is 0 Å². The number of hydrogen-bond donors (Lipinski definition) is 1. The van der Waals surface area contributed by atoms with Gasteiger partial charge in [-0.2, -0.15) is 0 Å². The van der Waals surface area contributed by atoms with Crippen LogP contribution in [-0.4, -0.2) is 17.3 Å². The molecule has 3 nitrogen and oxygen atoms in total. The summed E-state index contributed by atoms with van der Waals surface area (Å²) in [6.45, 7) is 7.36. The van der Waals surface area contributed by atoms with Crippen LogP contribution in [0, 0.1) is 11.3 Å². The minimum absolute atomic E-state index is 0.216. The van der Waals surface area contributed by atoms with E-state index in [1.807, 2.05) is 12.1 Å². The Balaban J connectivity index is 2.44. The topological polar surface area (TPSA) is 56.0 Å². The number of nitrogens with two attached hydrogens (primary N) is 1. The van der Waals surface area contributed by atoms with Gasteiger partial charge in [0, 0.05) is 25.2 Å². The molecule has 0 aliphatic carbocycles. The fourth-order valence-corrected chi connectivity index (χ4v) is 2.37. The van der Waals surface area contributed by atoms with Gasteiger partial charge in [-0.1, -0.05) is 26.8 Å². The van der Waals surface area contributed by atoms with Crippen LogP contribution in [0.4, 0.5) is 0 Å². The number of ketones is 1. The molecule has 0 amide bonds. The fourth-order valence-electron chi connectivity index (χ4n) is 2.37. The van der Waals surface area contributed by atoms with E-state index in [4.69, 9.17) is 5.73 Å². The van der Waals surface area contributed by atoms with Crippen LogP contribution in [0.3, 0.4) is 0 Å². The molecule has 0 fully saturated rings. The second-order valence-corrected chi connectivity index (χ2v) is 6.26. The summed E-state index contributed by atoms with van der Waals surface area (Å²) in [6, 6.07) is 3.82. The number of nitrogens with zero attached hydrogens (tertiary/aromatic N) is 1. The van der Waals surface area contributed by atoms with Crippen molar-refractivity contribution in [3.05, 3.63) is 30.1 Å². The van der Waals surface area contributed by atoms with Crippen LogP contribution in [0.5, 0.6) is 0 Å². The van der Waals surface area contributed by atoms with E-state index in [-0.39, 0.29) is 5.41 Å². The van der Waals surface area contributed by atoms with Crippen LogP contribution in [0.1, 0.15) is 45.6 Å². The molecule has 106 valence electrons. The monoisotopic (exact) mass is 262 g/mol. The molecule has 1 unspecified atom stereocenters. The molecular weight excluding hydrogens is 236 g/mol. The molecule has 2 N–H and O–H groups in total. The van der Waals surface area contributed by atoms with Crippen molar-refractivity contribution in [2.75, 3.05) is 6.54 Å². The van der Waals surface area contributed by atoms with Crippen molar-refractivity contribution in [3.63, 3.8) is 0 Å². The molecule has 0 aliphatic rings. The summed E-state index contributed by atoms with van der Waals surface area (Å²) in [6.07, 6.45) is 6.54. The lowest BCUT2D eigenvalue weighted by Crippen LogP contribution is -2.24. The highest BCUT2D eigenvalue weighted by molar-refractivity contribution is 5.80. The van der Waals surface area contributed by atoms with Crippen LogP contribution >= 0.6 is 0 Å². The van der Waals surface area contributed by atoms with E-state index in [0.717, 1.165) is 18.4 Å². The van der Waals surface area contributed by atoms with Crippen molar-refractivity contribution in [3.8, 4) is 0 Å². The van der Waals surface area contributed by atoms with Gasteiger partial charge in [0.05, 0.1) is 0 Å². The van der Waals surface area contributed by atoms with Gasteiger partial charge in [0.2, 0.25) is 0 Å². The first-order chi connectivity index (χ1) is 8.93. The number of carbonyl (C=O) groups excluding carboxylic acids is 1. The Morgan fingerprint density at radius 2 is 2.11 bits per heavy atom. The van der Waals surface area contributed by atoms with Crippen LogP contribution in [-0.2, 0) is 11.2 Å². The van der Waals surface area contributed by atoms with E-state index in [2.05, 4.69) is 25.8 Å². The maximum Gasteiger partial charge on any atom is 0.137 e. The maximum absolute atomic E-state index is 12.0. The van der Waals surface area contributed by atoms with Gasteiger partial charge in [-0.25, -0.2) is 0 Å². The van der Waals surface area contributed by atoms with Crippen LogP contribution in [0.15, 0.2) is 24.5 Å². The number of Topliss-reactive ketones (excluding diaryl/α,β-unsaturated/α-hetero) is 1. The third kappa shape index (κ3) is 5.97. The molecule has 0 saturated heterocycles. The molecule has 1 atom stereocenters. The molecular formula is C16H26N2O. The molecule has 1 aromatic rings. The molecule has 0 radical (unpaired) electrons. The Bertz CT molecular complexity index is 381. The Morgan fingerprint density at radius 1 is 1.37 bits per heavy atom. The van der Waals surface area contributed by atoms with Gasteiger partial charge >= 0.3 is 0 Å². The highest BCUT2D eigenvalue weighted by atomic mass is 16.1. The first-order valence-electron chi connectivity index (χ1n) is 7.04. The minimum Gasteiger partial charge on any atom is -0.330 e. The normalized spacial score (nSPS) is 13.3. The first-order valence-corrected chi connectivity index (χ1v) is 7.04. The van der Waals surface area contributed by atoms with Crippen LogP contribution in [0.2, 0.25) is 0 Å². The quantitative estimate of drug-likeness (QED) is 0.822. The van der Waals surface area contributed by atoms with Crippen molar-refractivity contribution >= 4 is 5.78 Å². The molecule has 1 rings (SSSR count). The second-order valence-electron chi connectivity index (χ2n) is 6.26. The molecule has 3 heteroatoms. The van der Waals surface area contributed by atoms with E-state index in [1.54, 1.807) is 12.4 Å². The van der Waals surface area contributed by atoms with E-state index in [9.17, 15) is 4.79 Å². The molecule has 1 aromatic heterocycles. The molecule has 0 bridgehead atoms. The Hall–Kier alpha value is -1.22. The average Bonchev–Trinajstić information content (AvgIpc) is 2.34. The molecule has 0 spiro atoms. The smallest absolute Gasteiger partial charge is 0.137 e. The molecule has 0 saturated carbocycles. The lowest BCUT2D eigenvalue weighted by molar-refractivity contribution is -0.118. The summed E-state index contributed by atoms with van der Waals surface area (Å²) < 4.78 is 0. The molecule has 1 heterocycles.